The zero-order valence-corrected chi connectivity index (χ0v) is 11.5. The summed E-state index contributed by atoms with van der Waals surface area (Å²) in [4.78, 5) is 0. The number of benzene rings is 1. The lowest BCUT2D eigenvalue weighted by Gasteiger charge is -2.23. The summed E-state index contributed by atoms with van der Waals surface area (Å²) in [6.45, 7) is 4.52. The van der Waals surface area contributed by atoms with E-state index in [1.807, 2.05) is 12.1 Å². The Kier molecular flexibility index (Phi) is 4.47. The lowest BCUT2D eigenvalue weighted by Crippen LogP contribution is -2.30. The summed E-state index contributed by atoms with van der Waals surface area (Å²) in [6.07, 6.45) is 5.28. The number of rotatable bonds is 6. The summed E-state index contributed by atoms with van der Waals surface area (Å²) in [6, 6.07) is 9.25. The molecular formula is C15H22ClN. The molecule has 1 fully saturated rings. The van der Waals surface area contributed by atoms with Gasteiger partial charge in [0, 0.05) is 17.1 Å². The molecule has 0 aliphatic heterocycles. The first-order valence-corrected chi connectivity index (χ1v) is 7.08. The van der Waals surface area contributed by atoms with Crippen LogP contribution in [-0.4, -0.2) is 6.04 Å². The first-order valence-electron chi connectivity index (χ1n) is 6.70. The maximum absolute atomic E-state index is 6.05. The summed E-state index contributed by atoms with van der Waals surface area (Å²) in [5.41, 5.74) is 1.31. The van der Waals surface area contributed by atoms with Crippen molar-refractivity contribution in [2.45, 2.75) is 51.6 Å². The van der Waals surface area contributed by atoms with Crippen LogP contribution in [0.1, 0.15) is 51.1 Å². The van der Waals surface area contributed by atoms with Gasteiger partial charge in [-0.15, -0.1) is 0 Å². The van der Waals surface area contributed by atoms with Gasteiger partial charge in [-0.05, 0) is 43.4 Å². The normalized spacial score (nSPS) is 19.0. The molecule has 1 nitrogen and oxygen atoms in total. The van der Waals surface area contributed by atoms with Crippen molar-refractivity contribution in [2.24, 2.45) is 5.92 Å². The van der Waals surface area contributed by atoms with Crippen LogP contribution in [0.2, 0.25) is 5.02 Å². The van der Waals surface area contributed by atoms with Crippen LogP contribution in [0, 0.1) is 5.92 Å². The molecular weight excluding hydrogens is 230 g/mol. The topological polar surface area (TPSA) is 12.0 Å². The Morgan fingerprint density at radius 1 is 1.41 bits per heavy atom. The highest BCUT2D eigenvalue weighted by Crippen LogP contribution is 2.34. The van der Waals surface area contributed by atoms with Crippen LogP contribution in [0.3, 0.4) is 0 Å². The fourth-order valence-electron chi connectivity index (χ4n) is 2.44. The van der Waals surface area contributed by atoms with Gasteiger partial charge >= 0.3 is 0 Å². The minimum atomic E-state index is 0.433. The molecule has 1 aliphatic rings. The molecule has 1 aromatic rings. The van der Waals surface area contributed by atoms with Gasteiger partial charge in [-0.1, -0.05) is 43.5 Å². The molecule has 1 saturated carbocycles. The van der Waals surface area contributed by atoms with E-state index >= 15 is 0 Å². The van der Waals surface area contributed by atoms with E-state index in [2.05, 4.69) is 31.3 Å². The molecule has 0 aromatic heterocycles. The van der Waals surface area contributed by atoms with Crippen molar-refractivity contribution in [3.63, 3.8) is 0 Å². The molecule has 0 radical (unpaired) electrons. The van der Waals surface area contributed by atoms with Gasteiger partial charge in [0.1, 0.15) is 0 Å². The fraction of sp³-hybridized carbons (Fsp3) is 0.600. The first-order chi connectivity index (χ1) is 8.19. The second-order valence-corrected chi connectivity index (χ2v) is 5.70. The lowest BCUT2D eigenvalue weighted by atomic mass is 10.0. The maximum atomic E-state index is 6.05. The van der Waals surface area contributed by atoms with Crippen LogP contribution in [-0.2, 0) is 0 Å². The molecule has 1 aromatic carbocycles. The van der Waals surface area contributed by atoms with Gasteiger partial charge in [0.05, 0.1) is 0 Å². The van der Waals surface area contributed by atoms with Crippen molar-refractivity contribution in [3.8, 4) is 0 Å². The predicted octanol–water partition coefficient (Wildman–Crippen LogP) is 4.57. The quantitative estimate of drug-likeness (QED) is 0.781. The summed E-state index contributed by atoms with van der Waals surface area (Å²) in [5, 5.41) is 4.55. The third kappa shape index (κ3) is 4.01. The number of nitrogens with one attached hydrogen (secondary N) is 1. The third-order valence-corrected chi connectivity index (χ3v) is 3.76. The van der Waals surface area contributed by atoms with Crippen LogP contribution in [0.4, 0.5) is 0 Å². The van der Waals surface area contributed by atoms with Gasteiger partial charge in [0.2, 0.25) is 0 Å². The van der Waals surface area contributed by atoms with Crippen molar-refractivity contribution in [2.75, 3.05) is 0 Å². The van der Waals surface area contributed by atoms with Crippen molar-refractivity contribution in [1.82, 2.24) is 5.32 Å². The SMILES string of the molecule is CCC(NC(C)CC1CC1)c1cccc(Cl)c1. The van der Waals surface area contributed by atoms with Crippen LogP contribution < -0.4 is 5.32 Å². The van der Waals surface area contributed by atoms with Crippen molar-refractivity contribution < 1.29 is 0 Å². The zero-order valence-electron chi connectivity index (χ0n) is 10.7. The molecule has 0 spiro atoms. The Bertz CT molecular complexity index is 360. The molecule has 2 heteroatoms. The van der Waals surface area contributed by atoms with Gasteiger partial charge in [-0.25, -0.2) is 0 Å². The monoisotopic (exact) mass is 251 g/mol. The Balaban J connectivity index is 1.94. The molecule has 0 bridgehead atoms. The average molecular weight is 252 g/mol. The molecule has 94 valence electrons. The fourth-order valence-corrected chi connectivity index (χ4v) is 2.64. The van der Waals surface area contributed by atoms with E-state index in [1.165, 1.54) is 24.8 Å². The average Bonchev–Trinajstić information content (AvgIpc) is 3.09. The van der Waals surface area contributed by atoms with E-state index in [0.29, 0.717) is 12.1 Å². The highest BCUT2D eigenvalue weighted by atomic mass is 35.5. The van der Waals surface area contributed by atoms with E-state index in [4.69, 9.17) is 11.6 Å². The molecule has 17 heavy (non-hydrogen) atoms. The smallest absolute Gasteiger partial charge is 0.0409 e. The molecule has 2 atom stereocenters. The van der Waals surface area contributed by atoms with Crippen molar-refractivity contribution in [1.29, 1.82) is 0 Å². The van der Waals surface area contributed by atoms with E-state index in [-0.39, 0.29) is 0 Å². The largest absolute Gasteiger partial charge is 0.307 e. The molecule has 2 rings (SSSR count). The second kappa shape index (κ2) is 5.88. The molecule has 2 unspecified atom stereocenters. The predicted molar refractivity (Wildman–Crippen MR) is 74.4 cm³/mol. The van der Waals surface area contributed by atoms with Gasteiger partial charge in [0.25, 0.3) is 0 Å². The van der Waals surface area contributed by atoms with Crippen molar-refractivity contribution >= 4 is 11.6 Å². The molecule has 0 heterocycles. The highest BCUT2D eigenvalue weighted by Gasteiger charge is 2.24. The third-order valence-electron chi connectivity index (χ3n) is 3.53. The van der Waals surface area contributed by atoms with Crippen LogP contribution >= 0.6 is 11.6 Å². The second-order valence-electron chi connectivity index (χ2n) is 5.26. The van der Waals surface area contributed by atoms with Gasteiger partial charge in [-0.2, -0.15) is 0 Å². The summed E-state index contributed by atoms with van der Waals surface area (Å²) >= 11 is 6.05. The number of hydrogen-bond acceptors (Lipinski definition) is 1. The van der Waals surface area contributed by atoms with Crippen LogP contribution in [0.5, 0.6) is 0 Å². The van der Waals surface area contributed by atoms with Crippen LogP contribution in [0.25, 0.3) is 0 Å². The molecule has 0 amide bonds. The summed E-state index contributed by atoms with van der Waals surface area (Å²) < 4.78 is 0. The van der Waals surface area contributed by atoms with E-state index in [9.17, 15) is 0 Å². The van der Waals surface area contributed by atoms with Crippen LogP contribution in [0.15, 0.2) is 24.3 Å². The lowest BCUT2D eigenvalue weighted by molar-refractivity contribution is 0.413. The Morgan fingerprint density at radius 2 is 2.18 bits per heavy atom. The Morgan fingerprint density at radius 3 is 2.76 bits per heavy atom. The van der Waals surface area contributed by atoms with E-state index in [1.54, 1.807) is 0 Å². The Hall–Kier alpha value is -0.530. The van der Waals surface area contributed by atoms with Crippen molar-refractivity contribution in [3.05, 3.63) is 34.9 Å². The van der Waals surface area contributed by atoms with E-state index < -0.39 is 0 Å². The number of hydrogen-bond donors (Lipinski definition) is 1. The zero-order chi connectivity index (χ0) is 12.3. The number of halogens is 1. The molecule has 0 saturated heterocycles. The Labute approximate surface area is 110 Å². The maximum Gasteiger partial charge on any atom is 0.0409 e. The van der Waals surface area contributed by atoms with Gasteiger partial charge in [-0.3, -0.25) is 0 Å². The standard InChI is InChI=1S/C15H22ClN/c1-3-15(13-5-4-6-14(16)10-13)17-11(2)9-12-7-8-12/h4-6,10-12,15,17H,3,7-9H2,1-2H3. The summed E-state index contributed by atoms with van der Waals surface area (Å²) in [7, 11) is 0. The van der Waals surface area contributed by atoms with Gasteiger partial charge in [0.15, 0.2) is 0 Å². The molecule has 1 aliphatic carbocycles. The summed E-state index contributed by atoms with van der Waals surface area (Å²) in [5.74, 6) is 0.981. The van der Waals surface area contributed by atoms with Gasteiger partial charge < -0.3 is 5.32 Å². The van der Waals surface area contributed by atoms with E-state index in [0.717, 1.165) is 17.4 Å². The minimum absolute atomic E-state index is 0.433. The molecule has 1 N–H and O–H groups in total. The highest BCUT2D eigenvalue weighted by molar-refractivity contribution is 6.30. The first kappa shape index (κ1) is 12.9. The minimum Gasteiger partial charge on any atom is -0.307 e.